The molecular formula is C78H143NO10. The van der Waals surface area contributed by atoms with Gasteiger partial charge in [-0.3, -0.25) is 9.59 Å². The lowest BCUT2D eigenvalue weighted by Gasteiger charge is -2.41. The van der Waals surface area contributed by atoms with Gasteiger partial charge in [0, 0.05) is 6.42 Å². The van der Waals surface area contributed by atoms with Crippen molar-refractivity contribution in [3.63, 3.8) is 0 Å². The van der Waals surface area contributed by atoms with E-state index in [0.717, 1.165) is 89.9 Å². The molecule has 0 bridgehead atoms. The van der Waals surface area contributed by atoms with Crippen molar-refractivity contribution in [2.75, 3.05) is 13.2 Å². The zero-order valence-corrected chi connectivity index (χ0v) is 58.1. The molecule has 0 aromatic rings. The SMILES string of the molecule is CCCCC/C=C\C/C=C\C/C=C\C/C=C\CCCCCCCCCCCC(=O)OC1C(OCC(NC(=O)C(O)CCCCCCCCCCCCCCCCCCCCCCCCCC)C(O)/C=C/CCCCCCCCCCC)OC(CO)C(O)C1O. The van der Waals surface area contributed by atoms with Gasteiger partial charge in [-0.1, -0.05) is 345 Å². The van der Waals surface area contributed by atoms with Crippen LogP contribution in [0.1, 0.15) is 361 Å². The first-order valence-electron chi connectivity index (χ1n) is 38.1. The predicted octanol–water partition coefficient (Wildman–Crippen LogP) is 20.1. The summed E-state index contributed by atoms with van der Waals surface area (Å²) in [6.45, 7) is 5.81. The monoisotopic (exact) mass is 1250 g/mol. The Morgan fingerprint density at radius 1 is 0.438 bits per heavy atom. The lowest BCUT2D eigenvalue weighted by molar-refractivity contribution is -0.305. The summed E-state index contributed by atoms with van der Waals surface area (Å²) in [5, 5.41) is 57.3. The third kappa shape index (κ3) is 52.4. The maximum Gasteiger partial charge on any atom is 0.306 e. The van der Waals surface area contributed by atoms with E-state index in [1.54, 1.807) is 6.08 Å². The molecule has 8 atom stereocenters. The van der Waals surface area contributed by atoms with Crippen molar-refractivity contribution in [2.45, 2.75) is 410 Å². The van der Waals surface area contributed by atoms with Crippen LogP contribution < -0.4 is 5.32 Å². The topological polar surface area (TPSA) is 175 Å². The predicted molar refractivity (Wildman–Crippen MR) is 375 cm³/mol. The number of hydrogen-bond donors (Lipinski definition) is 6. The van der Waals surface area contributed by atoms with Gasteiger partial charge in [0.1, 0.15) is 24.4 Å². The smallest absolute Gasteiger partial charge is 0.306 e. The van der Waals surface area contributed by atoms with Crippen molar-refractivity contribution in [3.05, 3.63) is 60.8 Å². The Labute approximate surface area is 548 Å². The van der Waals surface area contributed by atoms with E-state index >= 15 is 0 Å². The molecule has 0 aromatic heterocycles. The van der Waals surface area contributed by atoms with E-state index in [-0.39, 0.29) is 13.0 Å². The highest BCUT2D eigenvalue weighted by molar-refractivity contribution is 5.80. The number of hydrogen-bond acceptors (Lipinski definition) is 10. The van der Waals surface area contributed by atoms with E-state index in [0.29, 0.717) is 19.3 Å². The largest absolute Gasteiger partial charge is 0.454 e. The normalized spacial score (nSPS) is 18.4. The van der Waals surface area contributed by atoms with Crippen LogP contribution in [-0.2, 0) is 23.8 Å². The van der Waals surface area contributed by atoms with Gasteiger partial charge in [-0.25, -0.2) is 0 Å². The van der Waals surface area contributed by atoms with Crippen molar-refractivity contribution < 1.29 is 49.3 Å². The number of carbonyl (C=O) groups excluding carboxylic acids is 2. The first kappa shape index (κ1) is 84.4. The second-order valence-corrected chi connectivity index (χ2v) is 26.4. The fraction of sp³-hybridized carbons (Fsp3) is 0.846. The molecule has 1 amide bonds. The number of aliphatic hydroxyl groups excluding tert-OH is 5. The molecule has 1 fully saturated rings. The van der Waals surface area contributed by atoms with Gasteiger partial charge in [-0.05, 0) is 70.6 Å². The highest BCUT2D eigenvalue weighted by atomic mass is 16.7. The molecule has 1 saturated heterocycles. The van der Waals surface area contributed by atoms with Gasteiger partial charge in [-0.2, -0.15) is 0 Å². The highest BCUT2D eigenvalue weighted by Crippen LogP contribution is 2.27. The number of nitrogens with one attached hydrogen (secondary N) is 1. The number of amides is 1. The third-order valence-electron chi connectivity index (χ3n) is 17.9. The summed E-state index contributed by atoms with van der Waals surface area (Å²) in [6.07, 6.45) is 74.2. The molecule has 0 aromatic carbocycles. The molecule has 11 heteroatoms. The number of carbonyl (C=O) groups is 2. The zero-order chi connectivity index (χ0) is 64.6. The average Bonchev–Trinajstić information content (AvgIpc) is 3.71. The second-order valence-electron chi connectivity index (χ2n) is 26.4. The Balaban J connectivity index is 2.51. The number of allylic oxidation sites excluding steroid dienone is 9. The van der Waals surface area contributed by atoms with Gasteiger partial charge < -0.3 is 45.1 Å². The Bertz CT molecular complexity index is 1680. The third-order valence-corrected chi connectivity index (χ3v) is 17.9. The van der Waals surface area contributed by atoms with Gasteiger partial charge in [0.2, 0.25) is 5.91 Å². The summed E-state index contributed by atoms with van der Waals surface area (Å²) >= 11 is 0. The minimum absolute atomic E-state index is 0.117. The number of unbranched alkanes of at least 4 members (excludes halogenated alkanes) is 44. The van der Waals surface area contributed by atoms with Gasteiger partial charge in [0.25, 0.3) is 0 Å². The van der Waals surface area contributed by atoms with Gasteiger partial charge in [0.15, 0.2) is 12.4 Å². The molecule has 11 nitrogen and oxygen atoms in total. The van der Waals surface area contributed by atoms with E-state index in [4.69, 9.17) is 14.2 Å². The zero-order valence-electron chi connectivity index (χ0n) is 58.1. The van der Waals surface area contributed by atoms with Crippen LogP contribution in [0.2, 0.25) is 0 Å². The van der Waals surface area contributed by atoms with Gasteiger partial charge in [0.05, 0.1) is 25.4 Å². The second kappa shape index (κ2) is 65.4. The molecule has 0 saturated carbocycles. The summed E-state index contributed by atoms with van der Waals surface area (Å²) < 4.78 is 17.7. The lowest BCUT2D eigenvalue weighted by Crippen LogP contribution is -2.61. The Hall–Kier alpha value is -2.64. The molecule has 0 radical (unpaired) electrons. The standard InChI is InChI=1S/C78H143NO10/c1-4-7-10-13-16-19-22-24-26-28-30-32-34-36-38-40-42-44-46-48-51-54-57-60-63-66-73(83)89-76-75(85)74(84)72(67-80)88-78(76)87-68-69(70(81)64-61-58-55-52-49-21-18-15-12-9-6-3)79-77(86)71(82)65-62-59-56-53-50-47-45-43-41-39-37-35-33-31-29-27-25-23-20-17-14-11-8-5-2/h16,19,24,26,30,32,36,38,61,64,69-72,74-76,78,80-82,84-85H,4-15,17-18,20-23,25,27-29,31,33-35,37,39-60,62-63,65-68H2,1-3H3,(H,79,86)/b19-16-,26-24-,32-30-,38-36-,64-61+. The summed E-state index contributed by atoms with van der Waals surface area (Å²) in [6, 6.07) is -1.03. The first-order valence-corrected chi connectivity index (χ1v) is 38.1. The molecular weight excluding hydrogens is 1110 g/mol. The van der Waals surface area contributed by atoms with Crippen molar-refractivity contribution in [1.82, 2.24) is 5.32 Å². The molecule has 0 spiro atoms. The fourth-order valence-electron chi connectivity index (χ4n) is 11.9. The van der Waals surface area contributed by atoms with Crippen molar-refractivity contribution in [1.29, 1.82) is 0 Å². The van der Waals surface area contributed by atoms with Crippen molar-refractivity contribution in [3.8, 4) is 0 Å². The quantitative estimate of drug-likeness (QED) is 0.0195. The van der Waals surface area contributed by atoms with Crippen LogP contribution in [0.25, 0.3) is 0 Å². The Kier molecular flexibility index (Phi) is 62.0. The van der Waals surface area contributed by atoms with E-state index in [2.05, 4.69) is 74.7 Å². The molecule has 520 valence electrons. The number of ether oxygens (including phenoxy) is 3. The van der Waals surface area contributed by atoms with E-state index in [9.17, 15) is 35.1 Å². The highest BCUT2D eigenvalue weighted by Gasteiger charge is 2.47. The van der Waals surface area contributed by atoms with Gasteiger partial charge in [-0.15, -0.1) is 0 Å². The number of rotatable bonds is 66. The Morgan fingerprint density at radius 3 is 1.18 bits per heavy atom. The van der Waals surface area contributed by atoms with Crippen LogP contribution in [0.5, 0.6) is 0 Å². The van der Waals surface area contributed by atoms with Gasteiger partial charge >= 0.3 is 5.97 Å². The van der Waals surface area contributed by atoms with Crippen LogP contribution in [0, 0.1) is 0 Å². The summed E-state index contributed by atoms with van der Waals surface area (Å²) in [5.41, 5.74) is 0. The van der Waals surface area contributed by atoms with Crippen LogP contribution in [0.15, 0.2) is 60.8 Å². The van der Waals surface area contributed by atoms with E-state index < -0.39 is 67.4 Å². The molecule has 8 unspecified atom stereocenters. The maximum atomic E-state index is 13.5. The summed E-state index contributed by atoms with van der Waals surface area (Å²) in [5.74, 6) is -1.19. The van der Waals surface area contributed by atoms with Crippen LogP contribution in [-0.4, -0.2) is 99.6 Å². The molecule has 1 aliphatic rings. The van der Waals surface area contributed by atoms with Crippen molar-refractivity contribution >= 4 is 11.9 Å². The Morgan fingerprint density at radius 2 is 0.775 bits per heavy atom. The first-order chi connectivity index (χ1) is 43.7. The lowest BCUT2D eigenvalue weighted by atomic mass is 9.99. The molecule has 1 rings (SSSR count). The van der Waals surface area contributed by atoms with Crippen molar-refractivity contribution in [2.24, 2.45) is 0 Å². The molecule has 6 N–H and O–H groups in total. The molecule has 89 heavy (non-hydrogen) atoms. The molecule has 1 heterocycles. The summed E-state index contributed by atoms with van der Waals surface area (Å²) in [4.78, 5) is 26.7. The minimum Gasteiger partial charge on any atom is -0.454 e. The maximum absolute atomic E-state index is 13.5. The molecule has 0 aliphatic carbocycles. The van der Waals surface area contributed by atoms with Crippen LogP contribution in [0.4, 0.5) is 0 Å². The number of aliphatic hydroxyl groups is 5. The molecule has 1 aliphatic heterocycles. The fourth-order valence-corrected chi connectivity index (χ4v) is 11.9. The van der Waals surface area contributed by atoms with Crippen LogP contribution >= 0.6 is 0 Å². The number of esters is 1. The van der Waals surface area contributed by atoms with Crippen LogP contribution in [0.3, 0.4) is 0 Å². The minimum atomic E-state index is -1.62. The summed E-state index contributed by atoms with van der Waals surface area (Å²) in [7, 11) is 0. The van der Waals surface area contributed by atoms with E-state index in [1.165, 1.54) is 225 Å². The van der Waals surface area contributed by atoms with E-state index in [1.807, 2.05) is 6.08 Å². The average molecular weight is 1250 g/mol.